The fourth-order valence-corrected chi connectivity index (χ4v) is 4.98. The third kappa shape index (κ3) is 4.52. The lowest BCUT2D eigenvalue weighted by Crippen LogP contribution is -2.57. The maximum Gasteiger partial charge on any atom is 0.256 e. The van der Waals surface area contributed by atoms with Gasteiger partial charge in [-0.1, -0.05) is 60.5 Å². The molecule has 32 heavy (non-hydrogen) atoms. The Morgan fingerprint density at radius 2 is 1.78 bits per heavy atom. The average molecular weight is 475 g/mol. The average Bonchev–Trinajstić information content (AvgIpc) is 3.16. The number of amides is 2. The van der Waals surface area contributed by atoms with Gasteiger partial charge in [-0.05, 0) is 62.3 Å². The van der Waals surface area contributed by atoms with E-state index < -0.39 is 11.8 Å². The Bertz CT molecular complexity index is 990. The molecule has 0 radical (unpaired) electrons. The number of halogens is 2. The van der Waals surface area contributed by atoms with Gasteiger partial charge in [-0.15, -0.1) is 0 Å². The number of benzene rings is 2. The van der Waals surface area contributed by atoms with Gasteiger partial charge in [0, 0.05) is 5.56 Å². The summed E-state index contributed by atoms with van der Waals surface area (Å²) >= 11 is 12.2. The smallest absolute Gasteiger partial charge is 0.256 e. The molecule has 170 valence electrons. The van der Waals surface area contributed by atoms with E-state index >= 15 is 0 Å². The molecular formula is C25H28Cl2N2O3. The summed E-state index contributed by atoms with van der Waals surface area (Å²) in [6.07, 6.45) is 3.30. The van der Waals surface area contributed by atoms with E-state index in [1.54, 1.807) is 23.1 Å². The number of rotatable bonds is 4. The van der Waals surface area contributed by atoms with Crippen LogP contribution in [0.3, 0.4) is 0 Å². The molecular weight excluding hydrogens is 447 g/mol. The molecule has 2 aliphatic rings. The number of nitrogens with one attached hydrogen (secondary N) is 1. The van der Waals surface area contributed by atoms with Crippen molar-refractivity contribution in [3.8, 4) is 0 Å². The normalized spacial score (nSPS) is 26.2. The molecule has 1 N–H and O–H groups in total. The monoisotopic (exact) mass is 474 g/mol. The first kappa shape index (κ1) is 23.1. The van der Waals surface area contributed by atoms with Crippen LogP contribution in [0, 0.1) is 5.92 Å². The van der Waals surface area contributed by atoms with Gasteiger partial charge in [-0.25, -0.2) is 0 Å². The highest BCUT2D eigenvalue weighted by atomic mass is 35.5. The molecule has 2 aromatic carbocycles. The molecule has 1 saturated heterocycles. The highest BCUT2D eigenvalue weighted by Gasteiger charge is 2.53. The Morgan fingerprint density at radius 1 is 1.09 bits per heavy atom. The van der Waals surface area contributed by atoms with E-state index in [1.807, 2.05) is 37.3 Å². The molecule has 0 bridgehead atoms. The topological polar surface area (TPSA) is 58.6 Å². The summed E-state index contributed by atoms with van der Waals surface area (Å²) in [5.41, 5.74) is 0.633. The Morgan fingerprint density at radius 3 is 2.44 bits per heavy atom. The summed E-state index contributed by atoms with van der Waals surface area (Å²) in [4.78, 5) is 28.7. The molecule has 0 aromatic heterocycles. The highest BCUT2D eigenvalue weighted by molar-refractivity contribution is 6.42. The van der Waals surface area contributed by atoms with E-state index in [0.717, 1.165) is 18.4 Å². The fraction of sp³-hybridized carbons (Fsp3) is 0.440. The summed E-state index contributed by atoms with van der Waals surface area (Å²) in [6, 6.07) is 13.7. The Kier molecular flexibility index (Phi) is 6.80. The predicted molar refractivity (Wildman–Crippen MR) is 126 cm³/mol. The van der Waals surface area contributed by atoms with E-state index in [-0.39, 0.29) is 24.5 Å². The van der Waals surface area contributed by atoms with Gasteiger partial charge in [-0.3, -0.25) is 14.5 Å². The van der Waals surface area contributed by atoms with Crippen molar-refractivity contribution < 1.29 is 14.3 Å². The maximum atomic E-state index is 13.7. The molecule has 1 aliphatic heterocycles. The Labute approximate surface area is 199 Å². The second-order valence-corrected chi connectivity index (χ2v) is 9.71. The van der Waals surface area contributed by atoms with Crippen molar-refractivity contribution >= 4 is 35.0 Å². The van der Waals surface area contributed by atoms with Crippen LogP contribution in [-0.2, 0) is 9.53 Å². The molecule has 4 rings (SSSR count). The van der Waals surface area contributed by atoms with Gasteiger partial charge in [0.25, 0.3) is 5.91 Å². The van der Waals surface area contributed by atoms with Crippen molar-refractivity contribution in [2.24, 2.45) is 5.92 Å². The van der Waals surface area contributed by atoms with Gasteiger partial charge in [0.1, 0.15) is 11.8 Å². The zero-order valence-corrected chi connectivity index (χ0v) is 19.8. The summed E-state index contributed by atoms with van der Waals surface area (Å²) in [5.74, 6) is 0.0885. The summed E-state index contributed by atoms with van der Waals surface area (Å²) in [7, 11) is 0. The standard InChI is InChI=1S/C25H28Cl2N2O3/c1-16-10-12-25(13-11-16)29(24(31)19-8-9-20(26)21(27)14-19)22(15-32-25)23(30)28-17(2)18-6-4-3-5-7-18/h3-9,14,16-17,22H,10-13,15H2,1-2H3,(H,28,30)/t16?,17-,22+,25?/m1/s1. The zero-order chi connectivity index (χ0) is 22.9. The largest absolute Gasteiger partial charge is 0.353 e. The first-order valence-corrected chi connectivity index (χ1v) is 11.8. The molecule has 2 atom stereocenters. The zero-order valence-electron chi connectivity index (χ0n) is 18.3. The van der Waals surface area contributed by atoms with Crippen LogP contribution in [0.5, 0.6) is 0 Å². The van der Waals surface area contributed by atoms with Crippen LogP contribution in [0.15, 0.2) is 48.5 Å². The van der Waals surface area contributed by atoms with Gasteiger partial charge in [0.2, 0.25) is 5.91 Å². The van der Waals surface area contributed by atoms with E-state index in [2.05, 4.69) is 12.2 Å². The summed E-state index contributed by atoms with van der Waals surface area (Å²) < 4.78 is 6.25. The summed E-state index contributed by atoms with van der Waals surface area (Å²) in [6.45, 7) is 4.32. The van der Waals surface area contributed by atoms with Crippen molar-refractivity contribution in [3.05, 3.63) is 69.7 Å². The second kappa shape index (κ2) is 9.42. The lowest BCUT2D eigenvalue weighted by Gasteiger charge is -2.43. The van der Waals surface area contributed by atoms with E-state index in [1.165, 1.54) is 0 Å². The first-order valence-electron chi connectivity index (χ1n) is 11.1. The summed E-state index contributed by atoms with van der Waals surface area (Å²) in [5, 5.41) is 3.76. The highest BCUT2D eigenvalue weighted by Crippen LogP contribution is 2.43. The van der Waals surface area contributed by atoms with E-state index in [4.69, 9.17) is 27.9 Å². The fourth-order valence-electron chi connectivity index (χ4n) is 4.68. The van der Waals surface area contributed by atoms with Gasteiger partial charge in [0.15, 0.2) is 0 Å². The van der Waals surface area contributed by atoms with Crippen LogP contribution >= 0.6 is 23.2 Å². The minimum absolute atomic E-state index is 0.175. The third-order valence-corrected chi connectivity index (χ3v) is 7.40. The minimum atomic E-state index is -0.770. The molecule has 2 fully saturated rings. The van der Waals surface area contributed by atoms with E-state index in [0.29, 0.717) is 34.4 Å². The van der Waals surface area contributed by atoms with Gasteiger partial charge in [-0.2, -0.15) is 0 Å². The lowest BCUT2D eigenvalue weighted by atomic mass is 9.83. The minimum Gasteiger partial charge on any atom is -0.353 e. The molecule has 2 amide bonds. The first-order chi connectivity index (χ1) is 15.3. The van der Waals surface area contributed by atoms with E-state index in [9.17, 15) is 9.59 Å². The molecule has 1 spiro atoms. The van der Waals surface area contributed by atoms with Crippen molar-refractivity contribution in [1.29, 1.82) is 0 Å². The molecule has 5 nitrogen and oxygen atoms in total. The molecule has 7 heteroatoms. The number of nitrogens with zero attached hydrogens (tertiary/aromatic N) is 1. The molecule has 0 unspecified atom stereocenters. The quantitative estimate of drug-likeness (QED) is 0.625. The van der Waals surface area contributed by atoms with Crippen molar-refractivity contribution in [2.45, 2.75) is 57.3 Å². The van der Waals surface area contributed by atoms with Crippen LogP contribution in [0.2, 0.25) is 10.0 Å². The van der Waals surface area contributed by atoms with Crippen molar-refractivity contribution in [3.63, 3.8) is 0 Å². The number of carbonyl (C=O) groups excluding carboxylic acids is 2. The van der Waals surface area contributed by atoms with Crippen LogP contribution < -0.4 is 5.32 Å². The second-order valence-electron chi connectivity index (χ2n) is 8.90. The molecule has 1 aliphatic carbocycles. The third-order valence-electron chi connectivity index (χ3n) is 6.66. The lowest BCUT2D eigenvalue weighted by molar-refractivity contribution is -0.128. The number of ether oxygens (including phenoxy) is 1. The van der Waals surface area contributed by atoms with Gasteiger partial charge in [0.05, 0.1) is 22.7 Å². The van der Waals surface area contributed by atoms with Gasteiger partial charge >= 0.3 is 0 Å². The Balaban J connectivity index is 1.62. The molecule has 1 saturated carbocycles. The van der Waals surface area contributed by atoms with Crippen LogP contribution in [0.1, 0.15) is 61.5 Å². The van der Waals surface area contributed by atoms with Crippen molar-refractivity contribution in [2.75, 3.05) is 6.61 Å². The van der Waals surface area contributed by atoms with Crippen LogP contribution in [-0.4, -0.2) is 35.1 Å². The Hall–Kier alpha value is -2.08. The maximum absolute atomic E-state index is 13.7. The number of hydrogen-bond donors (Lipinski definition) is 1. The molecule has 1 heterocycles. The molecule has 2 aromatic rings. The number of carbonyl (C=O) groups is 2. The SMILES string of the molecule is CC1CCC2(CC1)OC[C@@H](C(=O)N[C@H](C)c1ccccc1)N2C(=O)c1ccc(Cl)c(Cl)c1. The van der Waals surface area contributed by atoms with Crippen LogP contribution in [0.4, 0.5) is 0 Å². The van der Waals surface area contributed by atoms with Crippen molar-refractivity contribution in [1.82, 2.24) is 10.2 Å². The van der Waals surface area contributed by atoms with Gasteiger partial charge < -0.3 is 10.1 Å². The predicted octanol–water partition coefficient (Wildman–Crippen LogP) is 5.62. The number of hydrogen-bond acceptors (Lipinski definition) is 3. The van der Waals surface area contributed by atoms with Crippen LogP contribution in [0.25, 0.3) is 0 Å².